The van der Waals surface area contributed by atoms with Gasteiger partial charge in [-0.3, -0.25) is 4.90 Å². The van der Waals surface area contributed by atoms with Crippen molar-refractivity contribution in [1.29, 1.82) is 0 Å². The zero-order chi connectivity index (χ0) is 13.2. The predicted octanol–water partition coefficient (Wildman–Crippen LogP) is 2.96. The van der Waals surface area contributed by atoms with Crippen LogP contribution in [0.5, 0.6) is 0 Å². The molecule has 1 N–H and O–H groups in total. The lowest BCUT2D eigenvalue weighted by molar-refractivity contribution is 0.0529. The molecule has 18 heavy (non-hydrogen) atoms. The van der Waals surface area contributed by atoms with Crippen molar-refractivity contribution in [2.75, 3.05) is 13.6 Å². The Bertz CT molecular complexity index is 381. The molecule has 1 aliphatic heterocycles. The zero-order valence-corrected chi connectivity index (χ0v) is 12.2. The first kappa shape index (κ1) is 13.6. The summed E-state index contributed by atoms with van der Waals surface area (Å²) in [5, 5.41) is 3.42. The van der Waals surface area contributed by atoms with Crippen molar-refractivity contribution in [3.63, 3.8) is 0 Å². The van der Waals surface area contributed by atoms with Gasteiger partial charge in [-0.25, -0.2) is 0 Å². The minimum atomic E-state index is 0.289. The predicted molar refractivity (Wildman–Crippen MR) is 77.7 cm³/mol. The Morgan fingerprint density at radius 1 is 1.28 bits per heavy atom. The minimum Gasteiger partial charge on any atom is -0.317 e. The second-order valence-corrected chi connectivity index (χ2v) is 6.20. The first-order valence-electron chi connectivity index (χ1n) is 6.99. The molecule has 0 bridgehead atoms. The van der Waals surface area contributed by atoms with Crippen molar-refractivity contribution < 1.29 is 0 Å². The van der Waals surface area contributed by atoms with Crippen LogP contribution >= 0.6 is 0 Å². The summed E-state index contributed by atoms with van der Waals surface area (Å²) in [6.07, 6.45) is 2.49. The molecule has 0 aromatic heterocycles. The van der Waals surface area contributed by atoms with Gasteiger partial charge in [-0.1, -0.05) is 29.8 Å². The van der Waals surface area contributed by atoms with Gasteiger partial charge in [-0.15, -0.1) is 0 Å². The van der Waals surface area contributed by atoms with Crippen LogP contribution in [0.3, 0.4) is 0 Å². The van der Waals surface area contributed by atoms with Gasteiger partial charge in [-0.05, 0) is 46.2 Å². The summed E-state index contributed by atoms with van der Waals surface area (Å²) >= 11 is 0. The Morgan fingerprint density at radius 3 is 2.50 bits per heavy atom. The first-order valence-corrected chi connectivity index (χ1v) is 6.99. The largest absolute Gasteiger partial charge is 0.317 e. The maximum Gasteiger partial charge on any atom is 0.0239 e. The number of aryl methyl sites for hydroxylation is 1. The number of rotatable bonds is 3. The van der Waals surface area contributed by atoms with Crippen molar-refractivity contribution in [3.8, 4) is 0 Å². The van der Waals surface area contributed by atoms with Crippen LogP contribution < -0.4 is 5.32 Å². The molecular formula is C16H26N2. The molecule has 1 fully saturated rings. The molecule has 0 aliphatic carbocycles. The molecular weight excluding hydrogens is 220 g/mol. The molecule has 2 nitrogen and oxygen atoms in total. The third kappa shape index (κ3) is 3.12. The molecule has 1 unspecified atom stereocenters. The molecule has 1 saturated heterocycles. The van der Waals surface area contributed by atoms with Gasteiger partial charge in [0.15, 0.2) is 0 Å². The third-order valence-electron chi connectivity index (χ3n) is 4.25. The van der Waals surface area contributed by atoms with Gasteiger partial charge in [0.1, 0.15) is 0 Å². The summed E-state index contributed by atoms with van der Waals surface area (Å²) in [5.41, 5.74) is 3.06. The number of nitrogens with zero attached hydrogens (tertiary/aromatic N) is 1. The fraction of sp³-hybridized carbons (Fsp3) is 0.625. The molecule has 0 spiro atoms. The number of hydrogen-bond acceptors (Lipinski definition) is 2. The molecule has 0 saturated carbocycles. The van der Waals surface area contributed by atoms with Crippen LogP contribution in [-0.4, -0.2) is 30.1 Å². The van der Waals surface area contributed by atoms with E-state index in [2.05, 4.69) is 62.3 Å². The summed E-state index contributed by atoms with van der Waals surface area (Å²) in [6.45, 7) is 9.14. The molecule has 1 aromatic carbocycles. The summed E-state index contributed by atoms with van der Waals surface area (Å²) in [7, 11) is 2.08. The standard InChI is InChI=1S/C16H26N2/c1-13-5-7-14(8-6-13)12-18-10-9-15(17-4)11-16(18,2)3/h5-8,15,17H,9-12H2,1-4H3. The molecule has 0 amide bonds. The van der Waals surface area contributed by atoms with E-state index in [0.29, 0.717) is 6.04 Å². The second kappa shape index (κ2) is 5.41. The molecule has 0 radical (unpaired) electrons. The van der Waals surface area contributed by atoms with Crippen molar-refractivity contribution in [2.24, 2.45) is 0 Å². The van der Waals surface area contributed by atoms with Crippen LogP contribution in [0.1, 0.15) is 37.8 Å². The van der Waals surface area contributed by atoms with E-state index in [0.717, 1.165) is 6.54 Å². The van der Waals surface area contributed by atoms with Crippen LogP contribution in [0, 0.1) is 6.92 Å². The number of benzene rings is 1. The molecule has 2 rings (SSSR count). The number of nitrogens with one attached hydrogen (secondary N) is 1. The molecule has 2 heteroatoms. The van der Waals surface area contributed by atoms with Gasteiger partial charge >= 0.3 is 0 Å². The second-order valence-electron chi connectivity index (χ2n) is 6.20. The van der Waals surface area contributed by atoms with Crippen LogP contribution in [0.15, 0.2) is 24.3 Å². The summed E-state index contributed by atoms with van der Waals surface area (Å²) < 4.78 is 0. The number of piperidine rings is 1. The average molecular weight is 246 g/mol. The molecule has 1 aliphatic rings. The highest BCUT2D eigenvalue weighted by Gasteiger charge is 2.33. The lowest BCUT2D eigenvalue weighted by Crippen LogP contribution is -2.53. The molecule has 1 aromatic rings. The lowest BCUT2D eigenvalue weighted by atomic mass is 9.86. The van der Waals surface area contributed by atoms with E-state index in [1.165, 1.54) is 30.5 Å². The van der Waals surface area contributed by atoms with Crippen LogP contribution in [-0.2, 0) is 6.54 Å². The van der Waals surface area contributed by atoms with Gasteiger partial charge in [0.2, 0.25) is 0 Å². The van der Waals surface area contributed by atoms with E-state index in [-0.39, 0.29) is 5.54 Å². The average Bonchev–Trinajstić information content (AvgIpc) is 2.34. The zero-order valence-electron chi connectivity index (χ0n) is 12.2. The van der Waals surface area contributed by atoms with Crippen molar-refractivity contribution in [3.05, 3.63) is 35.4 Å². The third-order valence-corrected chi connectivity index (χ3v) is 4.25. The van der Waals surface area contributed by atoms with E-state index in [9.17, 15) is 0 Å². The van der Waals surface area contributed by atoms with Crippen molar-refractivity contribution >= 4 is 0 Å². The van der Waals surface area contributed by atoms with Crippen molar-refractivity contribution in [2.45, 2.75) is 51.7 Å². The topological polar surface area (TPSA) is 15.3 Å². The van der Waals surface area contributed by atoms with Gasteiger partial charge < -0.3 is 5.32 Å². The van der Waals surface area contributed by atoms with Gasteiger partial charge in [0.25, 0.3) is 0 Å². The summed E-state index contributed by atoms with van der Waals surface area (Å²) in [6, 6.07) is 9.62. The highest BCUT2D eigenvalue weighted by atomic mass is 15.2. The molecule has 1 atom stereocenters. The van der Waals surface area contributed by atoms with Gasteiger partial charge in [0, 0.05) is 24.7 Å². The van der Waals surface area contributed by atoms with E-state index < -0.39 is 0 Å². The monoisotopic (exact) mass is 246 g/mol. The summed E-state index contributed by atoms with van der Waals surface area (Å²) in [4.78, 5) is 2.62. The Labute approximate surface area is 111 Å². The van der Waals surface area contributed by atoms with E-state index in [1.54, 1.807) is 0 Å². The molecule has 1 heterocycles. The maximum atomic E-state index is 3.42. The SMILES string of the molecule is CNC1CCN(Cc2ccc(C)cc2)C(C)(C)C1. The van der Waals surface area contributed by atoms with Crippen LogP contribution in [0.25, 0.3) is 0 Å². The van der Waals surface area contributed by atoms with Gasteiger partial charge in [-0.2, -0.15) is 0 Å². The first-order chi connectivity index (χ1) is 8.51. The fourth-order valence-electron chi connectivity index (χ4n) is 2.90. The highest BCUT2D eigenvalue weighted by molar-refractivity contribution is 5.21. The summed E-state index contributed by atoms with van der Waals surface area (Å²) in [5.74, 6) is 0. The maximum absolute atomic E-state index is 3.42. The smallest absolute Gasteiger partial charge is 0.0239 e. The normalized spacial score (nSPS) is 24.1. The minimum absolute atomic E-state index is 0.289. The number of likely N-dealkylation sites (tertiary alicyclic amines) is 1. The fourth-order valence-corrected chi connectivity index (χ4v) is 2.90. The van der Waals surface area contributed by atoms with Gasteiger partial charge in [0.05, 0.1) is 0 Å². The number of hydrogen-bond donors (Lipinski definition) is 1. The Balaban J connectivity index is 2.03. The van der Waals surface area contributed by atoms with E-state index in [1.807, 2.05) is 0 Å². The van der Waals surface area contributed by atoms with E-state index >= 15 is 0 Å². The Hall–Kier alpha value is -0.860. The Kier molecular flexibility index (Phi) is 4.08. The molecule has 100 valence electrons. The van der Waals surface area contributed by atoms with Crippen LogP contribution in [0.4, 0.5) is 0 Å². The van der Waals surface area contributed by atoms with Crippen LogP contribution in [0.2, 0.25) is 0 Å². The van der Waals surface area contributed by atoms with E-state index in [4.69, 9.17) is 0 Å². The Morgan fingerprint density at radius 2 is 1.94 bits per heavy atom. The quantitative estimate of drug-likeness (QED) is 0.882. The van der Waals surface area contributed by atoms with Crippen molar-refractivity contribution in [1.82, 2.24) is 10.2 Å². The highest BCUT2D eigenvalue weighted by Crippen LogP contribution is 2.29. The lowest BCUT2D eigenvalue weighted by Gasteiger charge is -2.45.